The number of hydrogen-bond donors (Lipinski definition) is 1. The van der Waals surface area contributed by atoms with Gasteiger partial charge in [-0.25, -0.2) is 4.39 Å². The molecule has 3 aromatic rings. The van der Waals surface area contributed by atoms with Crippen LogP contribution < -0.4 is 5.73 Å². The summed E-state index contributed by atoms with van der Waals surface area (Å²) in [5.74, 6) is -0.189. The highest BCUT2D eigenvalue weighted by atomic mass is 19.1. The van der Waals surface area contributed by atoms with Crippen LogP contribution in [0.1, 0.15) is 16.7 Å². The molecule has 0 aliphatic rings. The number of para-hydroxylation sites is 1. The summed E-state index contributed by atoms with van der Waals surface area (Å²) < 4.78 is 16.4. The fourth-order valence-corrected chi connectivity index (χ4v) is 2.66. The van der Waals surface area contributed by atoms with Crippen molar-refractivity contribution in [1.29, 1.82) is 0 Å². The van der Waals surface area contributed by atoms with Gasteiger partial charge in [0.1, 0.15) is 5.82 Å². The molecule has 102 valence electrons. The van der Waals surface area contributed by atoms with Crippen LogP contribution >= 0.6 is 0 Å². The van der Waals surface area contributed by atoms with Gasteiger partial charge in [0.05, 0.1) is 6.54 Å². The molecule has 1 heterocycles. The summed E-state index contributed by atoms with van der Waals surface area (Å²) in [5.41, 5.74) is 9.13. The molecule has 0 radical (unpaired) electrons. The zero-order valence-electron chi connectivity index (χ0n) is 11.4. The normalized spacial score (nSPS) is 11.2. The average Bonchev–Trinajstić information content (AvgIpc) is 2.78. The van der Waals surface area contributed by atoms with Crippen molar-refractivity contribution in [2.45, 2.75) is 20.0 Å². The van der Waals surface area contributed by atoms with Crippen molar-refractivity contribution in [3.8, 4) is 0 Å². The maximum absolute atomic E-state index is 14.3. The third-order valence-corrected chi connectivity index (χ3v) is 3.71. The van der Waals surface area contributed by atoms with E-state index in [1.807, 2.05) is 24.3 Å². The maximum Gasteiger partial charge on any atom is 0.132 e. The Morgan fingerprint density at radius 1 is 1.05 bits per heavy atom. The number of aromatic nitrogens is 1. The van der Waals surface area contributed by atoms with Crippen molar-refractivity contribution in [3.05, 3.63) is 71.2 Å². The van der Waals surface area contributed by atoms with Crippen molar-refractivity contribution in [1.82, 2.24) is 4.57 Å². The number of rotatable bonds is 3. The van der Waals surface area contributed by atoms with Crippen LogP contribution in [-0.2, 0) is 13.1 Å². The molecule has 0 unspecified atom stereocenters. The lowest BCUT2D eigenvalue weighted by Gasteiger charge is -2.09. The van der Waals surface area contributed by atoms with Crippen molar-refractivity contribution in [2.24, 2.45) is 5.73 Å². The van der Waals surface area contributed by atoms with E-state index >= 15 is 0 Å². The van der Waals surface area contributed by atoms with Crippen molar-refractivity contribution in [3.63, 3.8) is 0 Å². The Bertz CT molecular complexity index is 759. The summed E-state index contributed by atoms with van der Waals surface area (Å²) >= 11 is 0. The van der Waals surface area contributed by atoms with Crippen molar-refractivity contribution >= 4 is 10.9 Å². The van der Waals surface area contributed by atoms with Gasteiger partial charge in [-0.2, -0.15) is 0 Å². The van der Waals surface area contributed by atoms with E-state index in [0.29, 0.717) is 17.7 Å². The molecular weight excluding hydrogens is 251 g/mol. The van der Waals surface area contributed by atoms with E-state index in [1.165, 1.54) is 10.9 Å². The topological polar surface area (TPSA) is 30.9 Å². The largest absolute Gasteiger partial charge is 0.343 e. The van der Waals surface area contributed by atoms with Crippen LogP contribution in [0.25, 0.3) is 10.9 Å². The van der Waals surface area contributed by atoms with Gasteiger partial charge in [-0.15, -0.1) is 0 Å². The predicted octanol–water partition coefficient (Wildman–Crippen LogP) is 3.60. The molecule has 0 aliphatic carbocycles. The minimum Gasteiger partial charge on any atom is -0.343 e. The number of nitrogens with zero attached hydrogens (tertiary/aromatic N) is 1. The fourth-order valence-electron chi connectivity index (χ4n) is 2.66. The average molecular weight is 268 g/mol. The second kappa shape index (κ2) is 5.10. The molecule has 2 nitrogen and oxygen atoms in total. The summed E-state index contributed by atoms with van der Waals surface area (Å²) in [5, 5.41) is 1.21. The number of aryl methyl sites for hydroxylation is 1. The van der Waals surface area contributed by atoms with Crippen LogP contribution in [0.3, 0.4) is 0 Å². The minimum absolute atomic E-state index is 0.189. The molecule has 2 aromatic carbocycles. The van der Waals surface area contributed by atoms with Gasteiger partial charge in [0.2, 0.25) is 0 Å². The highest BCUT2D eigenvalue weighted by Crippen LogP contribution is 2.22. The Hall–Kier alpha value is -2.13. The lowest BCUT2D eigenvalue weighted by Crippen LogP contribution is -2.06. The zero-order valence-corrected chi connectivity index (χ0v) is 11.4. The third kappa shape index (κ3) is 2.10. The number of halogens is 1. The van der Waals surface area contributed by atoms with Gasteiger partial charge in [0.25, 0.3) is 0 Å². The van der Waals surface area contributed by atoms with E-state index in [2.05, 4.69) is 29.8 Å². The monoisotopic (exact) mass is 268 g/mol. The van der Waals surface area contributed by atoms with Gasteiger partial charge in [-0.05, 0) is 18.6 Å². The van der Waals surface area contributed by atoms with Gasteiger partial charge in [-0.1, -0.05) is 36.4 Å². The summed E-state index contributed by atoms with van der Waals surface area (Å²) in [6.45, 7) is 2.82. The molecule has 0 fully saturated rings. The Morgan fingerprint density at radius 3 is 2.60 bits per heavy atom. The molecule has 0 saturated heterocycles. The van der Waals surface area contributed by atoms with E-state index in [4.69, 9.17) is 5.73 Å². The van der Waals surface area contributed by atoms with Crippen LogP contribution in [0.5, 0.6) is 0 Å². The van der Waals surface area contributed by atoms with E-state index in [-0.39, 0.29) is 12.4 Å². The Labute approximate surface area is 117 Å². The standard InChI is InChI=1S/C17H17FN2/c1-12-10-20(16-8-3-2-7-15(12)16)11-14-6-4-5-13(9-19)17(14)18/h2-8,10H,9,11,19H2,1H3. The molecule has 0 spiro atoms. The Morgan fingerprint density at radius 2 is 1.80 bits per heavy atom. The first-order valence-corrected chi connectivity index (χ1v) is 6.71. The van der Waals surface area contributed by atoms with E-state index in [9.17, 15) is 4.39 Å². The first kappa shape index (κ1) is 12.9. The highest BCUT2D eigenvalue weighted by molar-refractivity contribution is 5.83. The molecule has 3 rings (SSSR count). The molecule has 0 amide bonds. The Balaban J connectivity index is 2.06. The number of fused-ring (bicyclic) bond motifs is 1. The van der Waals surface area contributed by atoms with Crippen LogP contribution in [-0.4, -0.2) is 4.57 Å². The van der Waals surface area contributed by atoms with Gasteiger partial charge < -0.3 is 10.3 Å². The maximum atomic E-state index is 14.3. The third-order valence-electron chi connectivity index (χ3n) is 3.71. The van der Waals surface area contributed by atoms with Gasteiger partial charge in [0.15, 0.2) is 0 Å². The van der Waals surface area contributed by atoms with E-state index < -0.39 is 0 Å². The van der Waals surface area contributed by atoms with E-state index in [1.54, 1.807) is 6.07 Å². The summed E-state index contributed by atoms with van der Waals surface area (Å²) in [4.78, 5) is 0. The number of nitrogens with two attached hydrogens (primary N) is 1. The fraction of sp³-hybridized carbons (Fsp3) is 0.176. The van der Waals surface area contributed by atoms with Crippen LogP contribution in [0, 0.1) is 12.7 Å². The lowest BCUT2D eigenvalue weighted by molar-refractivity contribution is 0.586. The van der Waals surface area contributed by atoms with Crippen LogP contribution in [0.2, 0.25) is 0 Å². The molecule has 20 heavy (non-hydrogen) atoms. The van der Waals surface area contributed by atoms with Gasteiger partial charge in [0, 0.05) is 34.8 Å². The molecule has 0 aliphatic heterocycles. The summed E-state index contributed by atoms with van der Waals surface area (Å²) in [6.07, 6.45) is 2.07. The first-order valence-electron chi connectivity index (χ1n) is 6.71. The van der Waals surface area contributed by atoms with Crippen molar-refractivity contribution < 1.29 is 4.39 Å². The molecule has 0 bridgehead atoms. The highest BCUT2D eigenvalue weighted by Gasteiger charge is 2.10. The van der Waals surface area contributed by atoms with Gasteiger partial charge in [-0.3, -0.25) is 0 Å². The Kier molecular flexibility index (Phi) is 3.28. The molecule has 1 aromatic heterocycles. The zero-order chi connectivity index (χ0) is 14.1. The van der Waals surface area contributed by atoms with Crippen LogP contribution in [0.4, 0.5) is 4.39 Å². The smallest absolute Gasteiger partial charge is 0.132 e. The quantitative estimate of drug-likeness (QED) is 0.773. The predicted molar refractivity (Wildman–Crippen MR) is 80.1 cm³/mol. The van der Waals surface area contributed by atoms with Crippen molar-refractivity contribution in [2.75, 3.05) is 0 Å². The van der Waals surface area contributed by atoms with Crippen LogP contribution in [0.15, 0.2) is 48.7 Å². The molecular formula is C17H17FN2. The number of benzene rings is 2. The second-order valence-electron chi connectivity index (χ2n) is 5.05. The SMILES string of the molecule is Cc1cn(Cc2cccc(CN)c2F)c2ccccc12. The molecule has 0 atom stereocenters. The van der Waals surface area contributed by atoms with E-state index in [0.717, 1.165) is 5.52 Å². The summed E-state index contributed by atoms with van der Waals surface area (Å²) in [6, 6.07) is 13.6. The van der Waals surface area contributed by atoms with Gasteiger partial charge >= 0.3 is 0 Å². The molecule has 2 N–H and O–H groups in total. The lowest BCUT2D eigenvalue weighted by atomic mass is 10.1. The second-order valence-corrected chi connectivity index (χ2v) is 5.05. The first-order chi connectivity index (χ1) is 9.70. The minimum atomic E-state index is -0.189. The number of hydrogen-bond acceptors (Lipinski definition) is 1. The molecule has 0 saturated carbocycles. The molecule has 3 heteroatoms. The summed E-state index contributed by atoms with van der Waals surface area (Å²) in [7, 11) is 0.